The van der Waals surface area contributed by atoms with E-state index in [-0.39, 0.29) is 46.2 Å². The lowest BCUT2D eigenvalue weighted by Crippen LogP contribution is -2.42. The van der Waals surface area contributed by atoms with Crippen LogP contribution in [0.5, 0.6) is 0 Å². The van der Waals surface area contributed by atoms with Crippen LogP contribution >= 0.6 is 46.0 Å². The van der Waals surface area contributed by atoms with Crippen LogP contribution in [0.15, 0.2) is 90.0 Å². The number of nitrogens with one attached hydrogen (secondary N) is 2. The zero-order chi connectivity index (χ0) is 41.2. The first-order valence-corrected chi connectivity index (χ1v) is 22.5. The Balaban J connectivity index is 1.16. The van der Waals surface area contributed by atoms with Crippen molar-refractivity contribution >= 4 is 96.9 Å². The average Bonchev–Trinajstić information content (AvgIpc) is 3.26. The third kappa shape index (κ3) is 10.7. The number of piperidine rings is 1. The molecule has 0 unspecified atom stereocenters. The second-order valence-corrected chi connectivity index (χ2v) is 17.2. The zero-order valence-electron chi connectivity index (χ0n) is 32.0. The number of nitrogens with zero attached hydrogens (tertiary/aromatic N) is 3. The highest BCUT2D eigenvalue weighted by molar-refractivity contribution is 14.1. The van der Waals surface area contributed by atoms with Gasteiger partial charge in [-0.25, -0.2) is 13.2 Å². The maximum Gasteiger partial charge on any atom is 0.347 e. The molecule has 1 saturated carbocycles. The molecule has 0 spiro atoms. The highest BCUT2D eigenvalue weighted by Gasteiger charge is 2.36. The number of rotatable bonds is 14. The number of aromatic nitrogens is 1. The van der Waals surface area contributed by atoms with Crippen molar-refractivity contribution in [1.29, 1.82) is 0 Å². The van der Waals surface area contributed by atoms with Gasteiger partial charge in [-0.2, -0.15) is 4.31 Å². The second-order valence-electron chi connectivity index (χ2n) is 14.4. The van der Waals surface area contributed by atoms with Crippen LogP contribution in [0, 0.1) is 5.92 Å². The number of carbonyl (C=O) groups excluding carboxylic acids is 4. The van der Waals surface area contributed by atoms with E-state index in [4.69, 9.17) is 6.13 Å². The molecule has 2 fully saturated rings. The van der Waals surface area contributed by atoms with Crippen molar-refractivity contribution < 1.29 is 33.7 Å². The lowest BCUT2D eigenvalue weighted by molar-refractivity contribution is -0.137. The summed E-state index contributed by atoms with van der Waals surface area (Å²) in [4.78, 5) is 58.3. The Morgan fingerprint density at radius 1 is 0.810 bits per heavy atom. The number of pyridine rings is 1. The molecule has 2 heterocycles. The number of carbonyl (C=O) groups is 4. The van der Waals surface area contributed by atoms with Crippen LogP contribution in [0.25, 0.3) is 0 Å². The summed E-state index contributed by atoms with van der Waals surface area (Å²) in [6, 6.07) is 21.8. The number of aryl methyl sites for hydroxylation is 2. The molecule has 1 aliphatic heterocycles. The molecule has 13 nitrogen and oxygen atoms in total. The van der Waals surface area contributed by atoms with E-state index in [9.17, 15) is 27.6 Å². The lowest BCUT2D eigenvalue weighted by Gasteiger charge is -2.34. The monoisotopic (exact) mass is 1030 g/mol. The lowest BCUT2D eigenvalue weighted by atomic mass is 9.86. The van der Waals surface area contributed by atoms with Crippen molar-refractivity contribution in [2.75, 3.05) is 35.2 Å². The predicted molar refractivity (Wildman–Crippen MR) is 238 cm³/mol. The minimum absolute atomic E-state index is 0.0126. The molecule has 3 aromatic carbocycles. The number of anilines is 3. The van der Waals surface area contributed by atoms with Gasteiger partial charge in [0.05, 0.1) is 39.5 Å². The van der Waals surface area contributed by atoms with Crippen LogP contribution in [0.4, 0.5) is 17.1 Å². The van der Waals surface area contributed by atoms with E-state index in [2.05, 4.69) is 20.5 Å². The minimum Gasteiger partial charge on any atom is -0.394 e. The van der Waals surface area contributed by atoms with E-state index in [1.165, 1.54) is 28.6 Å². The van der Waals surface area contributed by atoms with E-state index < -0.39 is 27.8 Å². The molecular weight excluding hydrogens is 988 g/mol. The number of benzene rings is 3. The summed E-state index contributed by atoms with van der Waals surface area (Å²) in [6.07, 6.45) is 8.29. The molecule has 1 aromatic heterocycles. The molecule has 306 valence electrons. The van der Waals surface area contributed by atoms with E-state index in [0.29, 0.717) is 49.8 Å². The molecule has 1 aliphatic carbocycles. The normalized spacial score (nSPS) is 17.0. The van der Waals surface area contributed by atoms with Crippen molar-refractivity contribution in [3.63, 3.8) is 0 Å². The molecular formula is C42H45I2N5O8S. The Hall–Kier alpha value is -4.14. The highest BCUT2D eigenvalue weighted by Crippen LogP contribution is 2.33. The fourth-order valence-electron chi connectivity index (χ4n) is 7.56. The summed E-state index contributed by atoms with van der Waals surface area (Å²) in [5.41, 5.74) is 4.33. The molecule has 0 bridgehead atoms. The molecule has 0 radical (unpaired) electrons. The van der Waals surface area contributed by atoms with Gasteiger partial charge in [0.1, 0.15) is 0 Å². The number of halogens is 2. The first-order valence-electron chi connectivity index (χ1n) is 19.3. The van der Waals surface area contributed by atoms with Gasteiger partial charge in [0.25, 0.3) is 11.8 Å². The molecule has 2 amide bonds. The first kappa shape index (κ1) is 43.4. The standard InChI is InChI=1S/C42H45I2N5O8S/c1-2-49(34-19-14-30(15-20-34)42(53)57-44)58(54,55)36-8-6-7-31(25-36)39(50)47-38-22-21-35(48-23-4-3-5-24-48)26-37(38)40(51)46-33-18-17-32(45-27-33)16-11-28-9-12-29(13-10-28)41(52)56-43/h6-10,12-13,17-18,21-22,25-27,30,34H,2-5,11,14-16,19-20,23-24H2,1H3,(H,46,51)(H,47,50). The van der Waals surface area contributed by atoms with Crippen molar-refractivity contribution in [2.24, 2.45) is 5.92 Å². The molecule has 0 atom stereocenters. The fraction of sp³-hybridized carbons (Fsp3) is 0.357. The highest BCUT2D eigenvalue weighted by atomic mass is 127. The molecule has 1 saturated heterocycles. The average molecular weight is 1030 g/mol. The Morgan fingerprint density at radius 2 is 1.55 bits per heavy atom. The van der Waals surface area contributed by atoms with Gasteiger partial charge in [-0.3, -0.25) is 19.4 Å². The fourth-order valence-corrected chi connectivity index (χ4v) is 9.92. The van der Waals surface area contributed by atoms with Gasteiger partial charge in [-0.1, -0.05) is 25.1 Å². The van der Waals surface area contributed by atoms with Crippen molar-refractivity contribution in [1.82, 2.24) is 9.29 Å². The van der Waals surface area contributed by atoms with E-state index in [1.807, 2.05) is 24.3 Å². The summed E-state index contributed by atoms with van der Waals surface area (Å²) in [7, 11) is -3.98. The van der Waals surface area contributed by atoms with Crippen molar-refractivity contribution in [2.45, 2.75) is 75.6 Å². The number of sulfonamides is 1. The summed E-state index contributed by atoms with van der Waals surface area (Å²) in [5, 5.41) is 5.80. The largest absolute Gasteiger partial charge is 0.394 e. The smallest absolute Gasteiger partial charge is 0.347 e. The van der Waals surface area contributed by atoms with Gasteiger partial charge in [0, 0.05) is 42.6 Å². The van der Waals surface area contributed by atoms with Crippen LogP contribution in [0.1, 0.15) is 94.2 Å². The topological polar surface area (TPSA) is 164 Å². The zero-order valence-corrected chi connectivity index (χ0v) is 37.1. The summed E-state index contributed by atoms with van der Waals surface area (Å²) < 4.78 is 39.0. The maximum absolute atomic E-state index is 14.0. The third-order valence-electron chi connectivity index (χ3n) is 10.8. The molecule has 2 aliphatic rings. The minimum atomic E-state index is -3.98. The maximum atomic E-state index is 14.0. The van der Waals surface area contributed by atoms with Gasteiger partial charge in [-0.15, -0.1) is 0 Å². The summed E-state index contributed by atoms with van der Waals surface area (Å²) in [5.74, 6) is -1.94. The van der Waals surface area contributed by atoms with Gasteiger partial charge in [0.2, 0.25) is 10.0 Å². The van der Waals surface area contributed by atoms with E-state index in [1.54, 1.807) is 89.5 Å². The van der Waals surface area contributed by atoms with Crippen LogP contribution in [-0.4, -0.2) is 67.1 Å². The first-order chi connectivity index (χ1) is 28.0. The van der Waals surface area contributed by atoms with Crippen LogP contribution in [0.2, 0.25) is 0 Å². The number of hydrogen-bond acceptors (Lipinski definition) is 10. The molecule has 58 heavy (non-hydrogen) atoms. The van der Waals surface area contributed by atoms with Crippen LogP contribution in [0.3, 0.4) is 0 Å². The number of hydrogen-bond donors (Lipinski definition) is 2. The quantitative estimate of drug-likeness (QED) is 0.117. The predicted octanol–water partition coefficient (Wildman–Crippen LogP) is 8.33. The van der Waals surface area contributed by atoms with Crippen LogP contribution in [-0.2, 0) is 33.8 Å². The van der Waals surface area contributed by atoms with E-state index >= 15 is 0 Å². The Labute approximate surface area is 367 Å². The van der Waals surface area contributed by atoms with Crippen molar-refractivity contribution in [3.05, 3.63) is 113 Å². The van der Waals surface area contributed by atoms with Gasteiger partial charge in [-0.05, 0) is 124 Å². The van der Waals surface area contributed by atoms with Gasteiger partial charge >= 0.3 is 11.9 Å². The number of amides is 2. The van der Waals surface area contributed by atoms with Crippen molar-refractivity contribution in [3.8, 4) is 0 Å². The molecule has 4 aromatic rings. The SMILES string of the molecule is CCN(C1CCC(C(=O)OI)CC1)S(=O)(=O)c1cccc(C(=O)Nc2ccc(N3CCCCC3)cc2C(=O)Nc2ccc(CCc3ccc(C(=O)OI)cc3)nc2)c1. The summed E-state index contributed by atoms with van der Waals surface area (Å²) >= 11 is 3.15. The van der Waals surface area contributed by atoms with Gasteiger partial charge < -0.3 is 21.7 Å². The Morgan fingerprint density at radius 3 is 2.21 bits per heavy atom. The Kier molecular flexibility index (Phi) is 15.1. The summed E-state index contributed by atoms with van der Waals surface area (Å²) in [6.45, 7) is 3.73. The van der Waals surface area contributed by atoms with E-state index in [0.717, 1.165) is 49.3 Å². The van der Waals surface area contributed by atoms with Gasteiger partial charge in [0.15, 0.2) is 46.0 Å². The third-order valence-corrected chi connectivity index (χ3v) is 13.6. The molecule has 16 heteroatoms. The molecule has 2 N–H and O–H groups in total. The Bertz CT molecular complexity index is 2210. The van der Waals surface area contributed by atoms with Crippen LogP contribution < -0.4 is 15.5 Å². The molecule has 6 rings (SSSR count). The second kappa shape index (κ2) is 20.2.